The molecule has 0 bridgehead atoms. The zero-order valence-corrected chi connectivity index (χ0v) is 11.7. The number of methoxy groups -OCH3 is 1. The van der Waals surface area contributed by atoms with Crippen LogP contribution in [0.25, 0.3) is 0 Å². The predicted molar refractivity (Wildman–Crippen MR) is 76.1 cm³/mol. The van der Waals surface area contributed by atoms with Gasteiger partial charge in [-0.1, -0.05) is 12.1 Å². The Morgan fingerprint density at radius 2 is 1.90 bits per heavy atom. The van der Waals surface area contributed by atoms with E-state index in [4.69, 9.17) is 4.74 Å². The van der Waals surface area contributed by atoms with Gasteiger partial charge in [0, 0.05) is 11.3 Å². The van der Waals surface area contributed by atoms with Crippen LogP contribution in [0.5, 0.6) is 5.75 Å². The van der Waals surface area contributed by atoms with E-state index in [2.05, 4.69) is 5.32 Å². The molecule has 2 nitrogen and oxygen atoms in total. The van der Waals surface area contributed by atoms with Crippen molar-refractivity contribution in [3.8, 4) is 5.75 Å². The average molecular weight is 277 g/mol. The molecular formula is C16H17F2NO. The predicted octanol–water partition coefficient (Wildman–Crippen LogP) is 4.45. The molecule has 20 heavy (non-hydrogen) atoms. The van der Waals surface area contributed by atoms with Gasteiger partial charge in [0.15, 0.2) is 11.6 Å². The van der Waals surface area contributed by atoms with E-state index in [0.29, 0.717) is 5.56 Å². The molecule has 0 heterocycles. The molecular weight excluding hydrogens is 260 g/mol. The van der Waals surface area contributed by atoms with Crippen LogP contribution in [0.15, 0.2) is 36.4 Å². The highest BCUT2D eigenvalue weighted by molar-refractivity contribution is 5.52. The zero-order valence-electron chi connectivity index (χ0n) is 11.7. The minimum atomic E-state index is -0.831. The number of hydrogen-bond donors (Lipinski definition) is 1. The molecule has 0 fully saturated rings. The standard InChI is InChI=1S/C16H17F2NO/c1-10-9-12(7-8-15(10)20-3)19-11(2)13-5-4-6-14(17)16(13)18/h4-9,11,19H,1-3H3. The Hall–Kier alpha value is -2.10. The zero-order chi connectivity index (χ0) is 14.7. The smallest absolute Gasteiger partial charge is 0.164 e. The number of rotatable bonds is 4. The number of halogens is 2. The summed E-state index contributed by atoms with van der Waals surface area (Å²) in [5, 5.41) is 3.16. The van der Waals surface area contributed by atoms with Gasteiger partial charge in [0.05, 0.1) is 13.2 Å². The third kappa shape index (κ3) is 2.90. The summed E-state index contributed by atoms with van der Waals surface area (Å²) >= 11 is 0. The van der Waals surface area contributed by atoms with Crippen molar-refractivity contribution in [3.63, 3.8) is 0 Å². The second kappa shape index (κ2) is 5.90. The fourth-order valence-corrected chi connectivity index (χ4v) is 2.15. The van der Waals surface area contributed by atoms with Crippen molar-refractivity contribution >= 4 is 5.69 Å². The first-order valence-electron chi connectivity index (χ1n) is 6.38. The van der Waals surface area contributed by atoms with Crippen molar-refractivity contribution < 1.29 is 13.5 Å². The summed E-state index contributed by atoms with van der Waals surface area (Å²) in [6.45, 7) is 3.72. The number of benzene rings is 2. The summed E-state index contributed by atoms with van der Waals surface area (Å²) in [4.78, 5) is 0. The van der Waals surface area contributed by atoms with Crippen molar-refractivity contribution in [1.29, 1.82) is 0 Å². The van der Waals surface area contributed by atoms with E-state index in [1.54, 1.807) is 20.1 Å². The molecule has 1 atom stereocenters. The highest BCUT2D eigenvalue weighted by Gasteiger charge is 2.14. The minimum Gasteiger partial charge on any atom is -0.496 e. The van der Waals surface area contributed by atoms with Gasteiger partial charge in [0.25, 0.3) is 0 Å². The van der Waals surface area contributed by atoms with Crippen molar-refractivity contribution in [2.45, 2.75) is 19.9 Å². The lowest BCUT2D eigenvalue weighted by Crippen LogP contribution is -2.09. The van der Waals surface area contributed by atoms with Crippen molar-refractivity contribution in [2.24, 2.45) is 0 Å². The summed E-state index contributed by atoms with van der Waals surface area (Å²) in [7, 11) is 1.61. The van der Waals surface area contributed by atoms with E-state index < -0.39 is 11.6 Å². The van der Waals surface area contributed by atoms with E-state index in [1.165, 1.54) is 6.07 Å². The second-order valence-corrected chi connectivity index (χ2v) is 4.69. The Balaban J connectivity index is 2.21. The van der Waals surface area contributed by atoms with Crippen LogP contribution in [0.1, 0.15) is 24.1 Å². The molecule has 4 heteroatoms. The molecule has 2 rings (SSSR count). The Kier molecular flexibility index (Phi) is 4.23. The van der Waals surface area contributed by atoms with E-state index in [-0.39, 0.29) is 6.04 Å². The van der Waals surface area contributed by atoms with Gasteiger partial charge in [-0.2, -0.15) is 0 Å². The van der Waals surface area contributed by atoms with Crippen LogP contribution in [0.4, 0.5) is 14.5 Å². The quantitative estimate of drug-likeness (QED) is 0.891. The topological polar surface area (TPSA) is 21.3 Å². The first-order chi connectivity index (χ1) is 9.52. The van der Waals surface area contributed by atoms with Crippen LogP contribution >= 0.6 is 0 Å². The lowest BCUT2D eigenvalue weighted by molar-refractivity contribution is 0.412. The van der Waals surface area contributed by atoms with E-state index in [1.807, 2.05) is 25.1 Å². The lowest BCUT2D eigenvalue weighted by Gasteiger charge is -2.17. The Morgan fingerprint density at radius 3 is 2.55 bits per heavy atom. The molecule has 2 aromatic carbocycles. The number of anilines is 1. The van der Waals surface area contributed by atoms with Gasteiger partial charge in [0.1, 0.15) is 5.75 Å². The fourth-order valence-electron chi connectivity index (χ4n) is 2.15. The van der Waals surface area contributed by atoms with E-state index >= 15 is 0 Å². The highest BCUT2D eigenvalue weighted by atomic mass is 19.2. The minimum absolute atomic E-state index is 0.304. The van der Waals surface area contributed by atoms with Crippen molar-refractivity contribution in [1.82, 2.24) is 0 Å². The van der Waals surface area contributed by atoms with Crippen LogP contribution < -0.4 is 10.1 Å². The third-order valence-electron chi connectivity index (χ3n) is 3.23. The maximum Gasteiger partial charge on any atom is 0.164 e. The van der Waals surface area contributed by atoms with Gasteiger partial charge in [-0.15, -0.1) is 0 Å². The van der Waals surface area contributed by atoms with Crippen LogP contribution in [-0.4, -0.2) is 7.11 Å². The summed E-state index contributed by atoms with van der Waals surface area (Å²) in [5.74, 6) is -0.847. The van der Waals surface area contributed by atoms with Gasteiger partial charge in [-0.3, -0.25) is 0 Å². The highest BCUT2D eigenvalue weighted by Crippen LogP contribution is 2.26. The lowest BCUT2D eigenvalue weighted by atomic mass is 10.1. The van der Waals surface area contributed by atoms with Crippen molar-refractivity contribution in [3.05, 3.63) is 59.2 Å². The van der Waals surface area contributed by atoms with Crippen LogP contribution in [0.2, 0.25) is 0 Å². The first kappa shape index (κ1) is 14.3. The molecule has 0 aromatic heterocycles. The second-order valence-electron chi connectivity index (χ2n) is 4.69. The summed E-state index contributed by atoms with van der Waals surface area (Å²) < 4.78 is 32.1. The third-order valence-corrected chi connectivity index (χ3v) is 3.23. The molecule has 0 saturated heterocycles. The van der Waals surface area contributed by atoms with Gasteiger partial charge in [-0.25, -0.2) is 8.78 Å². The van der Waals surface area contributed by atoms with Gasteiger partial charge in [-0.05, 0) is 43.7 Å². The molecule has 0 spiro atoms. The van der Waals surface area contributed by atoms with Crippen molar-refractivity contribution in [2.75, 3.05) is 12.4 Å². The number of hydrogen-bond acceptors (Lipinski definition) is 2. The van der Waals surface area contributed by atoms with Crippen LogP contribution in [0.3, 0.4) is 0 Å². The first-order valence-corrected chi connectivity index (χ1v) is 6.38. The van der Waals surface area contributed by atoms with Crippen LogP contribution in [-0.2, 0) is 0 Å². The number of nitrogens with one attached hydrogen (secondary N) is 1. The summed E-state index contributed by atoms with van der Waals surface area (Å²) in [6.07, 6.45) is 0. The molecule has 2 aromatic rings. The Morgan fingerprint density at radius 1 is 1.15 bits per heavy atom. The molecule has 0 radical (unpaired) electrons. The maximum atomic E-state index is 13.7. The SMILES string of the molecule is COc1ccc(NC(C)c2cccc(F)c2F)cc1C. The Bertz CT molecular complexity index is 613. The summed E-state index contributed by atoms with van der Waals surface area (Å²) in [6, 6.07) is 9.46. The van der Waals surface area contributed by atoms with Crippen LogP contribution in [0, 0.1) is 18.6 Å². The monoisotopic (exact) mass is 277 g/mol. The molecule has 0 aliphatic carbocycles. The number of aryl methyl sites for hydroxylation is 1. The molecule has 1 unspecified atom stereocenters. The van der Waals surface area contributed by atoms with E-state index in [9.17, 15) is 8.78 Å². The fraction of sp³-hybridized carbons (Fsp3) is 0.250. The normalized spacial score (nSPS) is 12.1. The maximum absolute atomic E-state index is 13.7. The molecule has 0 amide bonds. The molecule has 1 N–H and O–H groups in total. The molecule has 0 aliphatic rings. The summed E-state index contributed by atoms with van der Waals surface area (Å²) in [5.41, 5.74) is 2.11. The largest absolute Gasteiger partial charge is 0.496 e. The van der Waals surface area contributed by atoms with Gasteiger partial charge >= 0.3 is 0 Å². The Labute approximate surface area is 117 Å². The average Bonchev–Trinajstić information content (AvgIpc) is 2.42. The van der Waals surface area contributed by atoms with E-state index in [0.717, 1.165) is 23.1 Å². The molecule has 0 saturated carbocycles. The van der Waals surface area contributed by atoms with Gasteiger partial charge in [0.2, 0.25) is 0 Å². The molecule has 106 valence electrons. The number of ether oxygens (including phenoxy) is 1. The van der Waals surface area contributed by atoms with Gasteiger partial charge < -0.3 is 10.1 Å². The molecule has 0 aliphatic heterocycles.